The van der Waals surface area contributed by atoms with Crippen molar-refractivity contribution in [2.24, 2.45) is 0 Å². The summed E-state index contributed by atoms with van der Waals surface area (Å²) < 4.78 is 24.5. The minimum Gasteiger partial charge on any atom is -0.0654 e. The van der Waals surface area contributed by atoms with Crippen LogP contribution in [0.2, 0.25) is 0 Å². The smallest absolute Gasteiger partial charge is 0.0654 e. The van der Waals surface area contributed by atoms with Gasteiger partial charge in [0.25, 0.3) is 0 Å². The number of benzene rings is 4. The topological polar surface area (TPSA) is 36.9 Å². The van der Waals surface area contributed by atoms with Gasteiger partial charge in [-0.05, 0) is 61.3 Å². The minimum atomic E-state index is -0.934. The van der Waals surface area contributed by atoms with Crippen LogP contribution in [0, 0.1) is 13.8 Å². The molecule has 0 amide bonds. The average molecular weight is 995 g/mol. The molecule has 0 saturated carbocycles. The van der Waals surface area contributed by atoms with E-state index in [-0.39, 0.29) is 12.2 Å². The molecule has 2 unspecified atom stereocenters. The summed E-state index contributed by atoms with van der Waals surface area (Å²) in [5, 5.41) is 0. The monoisotopic (exact) mass is 996 g/mol. The fraction of sp³-hybridized carbons (Fsp3) is 0.564. The molecule has 0 radical (unpaired) electrons. The van der Waals surface area contributed by atoms with Gasteiger partial charge in [-0.25, -0.2) is 0 Å². The standard InChI is InChI=1S/C55H78O4.Ir/c1-7-11-15-19-23-45-36-54(46(35-43(45)6)24-20-16-12-8-2)55-38-47(25-21-17-13-9-3)53(37-48(55)26-22-18-14-10-4)44-29-33-52(34-30-44)59-41-50(57)39-49(56)40-58-51-31-27-42(5)28-32-51;/h27-38,49-50H,7-26,39-41H2,1-6H3;/q-2;+2. The number of unbranched alkanes of at least 4 members (excludes halogenated alkanes) is 12. The molecule has 0 bridgehead atoms. The molecule has 331 valence electrons. The van der Waals surface area contributed by atoms with E-state index in [4.69, 9.17) is 16.5 Å². The molecule has 1 fully saturated rings. The van der Waals surface area contributed by atoms with Gasteiger partial charge >= 0.3 is 198 Å². The second-order valence-electron chi connectivity index (χ2n) is 17.5. The second-order valence-corrected chi connectivity index (χ2v) is 19.0. The Morgan fingerprint density at radius 3 is 1.35 bits per heavy atom. The van der Waals surface area contributed by atoms with E-state index in [1.54, 1.807) is 11.1 Å². The van der Waals surface area contributed by atoms with Gasteiger partial charge in [0.15, 0.2) is 0 Å². The molecule has 1 aliphatic rings. The Kier molecular flexibility index (Phi) is 21.8. The van der Waals surface area contributed by atoms with Gasteiger partial charge in [-0.1, -0.05) is 117 Å². The number of rotatable bonds is 28. The normalized spacial score (nSPS) is 15.5. The molecule has 4 aromatic carbocycles. The molecule has 0 spiro atoms. The van der Waals surface area contributed by atoms with Crippen LogP contribution >= 0.6 is 0 Å². The summed E-state index contributed by atoms with van der Waals surface area (Å²) in [6, 6.07) is 27.6. The van der Waals surface area contributed by atoms with Gasteiger partial charge in [-0.3, -0.25) is 0 Å². The first-order valence-electron chi connectivity index (χ1n) is 24.1. The van der Waals surface area contributed by atoms with Crippen molar-refractivity contribution in [2.75, 3.05) is 13.2 Å². The molecule has 1 saturated heterocycles. The fourth-order valence-corrected chi connectivity index (χ4v) is 10.1. The summed E-state index contributed by atoms with van der Waals surface area (Å²) in [5.41, 5.74) is 14.6. The summed E-state index contributed by atoms with van der Waals surface area (Å²) >= 11 is -0.934. The van der Waals surface area contributed by atoms with Crippen LogP contribution in [0.15, 0.2) is 72.8 Å². The van der Waals surface area contributed by atoms with E-state index in [1.807, 2.05) is 12.1 Å². The van der Waals surface area contributed by atoms with Crippen molar-refractivity contribution in [1.82, 2.24) is 0 Å². The summed E-state index contributed by atoms with van der Waals surface area (Å²) in [7, 11) is 0. The molecule has 5 heteroatoms. The van der Waals surface area contributed by atoms with Crippen molar-refractivity contribution in [3.8, 4) is 33.8 Å². The van der Waals surface area contributed by atoms with E-state index in [1.165, 1.54) is 160 Å². The molecule has 2 atom stereocenters. The van der Waals surface area contributed by atoms with Crippen LogP contribution in [-0.2, 0) is 51.1 Å². The number of ether oxygens (including phenoxy) is 2. The zero-order valence-electron chi connectivity index (χ0n) is 38.3. The van der Waals surface area contributed by atoms with E-state index in [9.17, 15) is 0 Å². The first-order valence-corrected chi connectivity index (χ1v) is 26.0. The van der Waals surface area contributed by atoms with Crippen molar-refractivity contribution in [3.63, 3.8) is 0 Å². The third kappa shape index (κ3) is 15.7. The van der Waals surface area contributed by atoms with E-state index in [0.717, 1.165) is 30.8 Å². The average Bonchev–Trinajstić information content (AvgIpc) is 3.27. The maximum absolute atomic E-state index is 6.38. The van der Waals surface area contributed by atoms with E-state index >= 15 is 0 Å². The van der Waals surface area contributed by atoms with Crippen LogP contribution in [0.25, 0.3) is 22.3 Å². The maximum atomic E-state index is 6.38. The molecule has 0 aromatic heterocycles. The Morgan fingerprint density at radius 2 is 0.867 bits per heavy atom. The van der Waals surface area contributed by atoms with Crippen LogP contribution in [0.1, 0.15) is 170 Å². The Bertz CT molecular complexity index is 1800. The molecular weight excluding hydrogens is 917 g/mol. The molecular formula is C55H78IrO4. The summed E-state index contributed by atoms with van der Waals surface area (Å²) in [5.74, 6) is 1.77. The van der Waals surface area contributed by atoms with Crippen molar-refractivity contribution in [1.29, 1.82) is 0 Å². The van der Waals surface area contributed by atoms with E-state index < -0.39 is 18.4 Å². The van der Waals surface area contributed by atoms with E-state index in [0.29, 0.717) is 13.2 Å². The summed E-state index contributed by atoms with van der Waals surface area (Å²) in [4.78, 5) is 0. The molecule has 5 rings (SSSR count). The van der Waals surface area contributed by atoms with Gasteiger partial charge in [-0.2, -0.15) is 0 Å². The molecule has 1 aliphatic heterocycles. The van der Waals surface area contributed by atoms with Crippen LogP contribution in [0.3, 0.4) is 0 Å². The van der Waals surface area contributed by atoms with Crippen LogP contribution in [-0.4, -0.2) is 25.4 Å². The van der Waals surface area contributed by atoms with Gasteiger partial charge in [0, 0.05) is 0 Å². The van der Waals surface area contributed by atoms with Gasteiger partial charge in [-0.15, -0.1) is 0 Å². The predicted molar refractivity (Wildman–Crippen MR) is 250 cm³/mol. The molecule has 0 aliphatic carbocycles. The number of aryl methyl sites for hydroxylation is 6. The molecule has 1 heterocycles. The van der Waals surface area contributed by atoms with Crippen LogP contribution in [0.4, 0.5) is 0 Å². The summed E-state index contributed by atoms with van der Waals surface area (Å²) in [6.07, 6.45) is 25.9. The van der Waals surface area contributed by atoms with Crippen molar-refractivity contribution in [2.45, 2.75) is 189 Å². The SMILES string of the molecule is CCCCCCc1cc(-c2cc(CCCCCC)c(-c3ccc(OCC4CC(COc5ccc(C)cc5)[O][Ir][O]4)cc3)cc2CCCCCC)c(CCCCCC)cc1C. The van der Waals surface area contributed by atoms with Crippen LogP contribution in [0.5, 0.6) is 11.5 Å². The van der Waals surface area contributed by atoms with Gasteiger partial charge in [0.1, 0.15) is 0 Å². The fourth-order valence-electron chi connectivity index (χ4n) is 8.52. The number of hydrogen-bond donors (Lipinski definition) is 0. The Labute approximate surface area is 374 Å². The molecule has 4 aromatic rings. The summed E-state index contributed by atoms with van der Waals surface area (Å²) in [6.45, 7) is 14.8. The van der Waals surface area contributed by atoms with Crippen molar-refractivity contribution < 1.29 is 34.9 Å². The number of hydrogen-bond acceptors (Lipinski definition) is 4. The van der Waals surface area contributed by atoms with Gasteiger partial charge in [0.2, 0.25) is 0 Å². The Morgan fingerprint density at radius 1 is 0.467 bits per heavy atom. The van der Waals surface area contributed by atoms with Gasteiger partial charge < -0.3 is 0 Å². The molecule has 60 heavy (non-hydrogen) atoms. The molecule has 0 N–H and O–H groups in total. The predicted octanol–water partition coefficient (Wildman–Crippen LogP) is 15.7. The third-order valence-corrected chi connectivity index (χ3v) is 14.3. The first kappa shape index (κ1) is 48.1. The zero-order chi connectivity index (χ0) is 42.4. The van der Waals surface area contributed by atoms with Crippen molar-refractivity contribution >= 4 is 0 Å². The van der Waals surface area contributed by atoms with E-state index in [2.05, 4.69) is 102 Å². The first-order chi connectivity index (χ1) is 29.4. The Balaban J connectivity index is 1.41. The minimum absolute atomic E-state index is 0.0118. The second kappa shape index (κ2) is 27.2. The van der Waals surface area contributed by atoms with Crippen molar-refractivity contribution in [3.05, 3.63) is 106 Å². The zero-order valence-corrected chi connectivity index (χ0v) is 40.7. The molecule has 4 nitrogen and oxygen atoms in total. The van der Waals surface area contributed by atoms with Crippen LogP contribution < -0.4 is 9.47 Å². The van der Waals surface area contributed by atoms with Gasteiger partial charge in [0.05, 0.1) is 0 Å². The third-order valence-electron chi connectivity index (χ3n) is 12.2. The quantitative estimate of drug-likeness (QED) is 0.0532. The Hall–Kier alpha value is -2.95.